The fraction of sp³-hybridized carbons (Fsp3) is 0.200. The Morgan fingerprint density at radius 1 is 1.30 bits per heavy atom. The van der Waals surface area contributed by atoms with Gasteiger partial charge in [0.25, 0.3) is 0 Å². The molecule has 0 aliphatic heterocycles. The van der Waals surface area contributed by atoms with Gasteiger partial charge in [-0.2, -0.15) is 0 Å². The molecule has 1 aromatic rings. The first-order valence-corrected chi connectivity index (χ1v) is 4.72. The second kappa shape index (κ2) is 3.16. The van der Waals surface area contributed by atoms with Crippen LogP contribution >= 0.6 is 45.2 Å². The van der Waals surface area contributed by atoms with E-state index in [2.05, 4.69) is 55.1 Å². The van der Waals surface area contributed by atoms with Crippen LogP contribution in [0.2, 0.25) is 0 Å². The largest absolute Gasteiger partial charge is 0.368 e. The maximum absolute atomic E-state index is 5.40. The summed E-state index contributed by atoms with van der Waals surface area (Å²) < 4.78 is 2.00. The lowest BCUT2D eigenvalue weighted by molar-refractivity contribution is 1.07. The summed E-state index contributed by atoms with van der Waals surface area (Å²) in [6.45, 7) is 1.92. The van der Waals surface area contributed by atoms with Gasteiger partial charge in [0.1, 0.15) is 3.70 Å². The van der Waals surface area contributed by atoms with Gasteiger partial charge in [0.15, 0.2) is 0 Å². The summed E-state index contributed by atoms with van der Waals surface area (Å²) in [5.41, 5.74) is 6.34. The van der Waals surface area contributed by atoms with Crippen molar-refractivity contribution in [3.05, 3.63) is 13.0 Å². The van der Waals surface area contributed by atoms with Gasteiger partial charge >= 0.3 is 0 Å². The predicted molar refractivity (Wildman–Crippen MR) is 56.6 cm³/mol. The minimum absolute atomic E-state index is 0.349. The molecule has 0 bridgehead atoms. The van der Waals surface area contributed by atoms with Crippen LogP contribution in [0.15, 0.2) is 0 Å². The zero-order valence-electron chi connectivity index (χ0n) is 5.23. The summed E-state index contributed by atoms with van der Waals surface area (Å²) in [5, 5.41) is 0. The Hall–Kier alpha value is 0.340. The number of aromatic nitrogens is 2. The van der Waals surface area contributed by atoms with Crippen molar-refractivity contribution in [3.8, 4) is 0 Å². The zero-order chi connectivity index (χ0) is 7.72. The molecule has 0 spiro atoms. The minimum Gasteiger partial charge on any atom is -0.368 e. The van der Waals surface area contributed by atoms with Crippen LogP contribution in [0.3, 0.4) is 0 Å². The molecule has 0 aliphatic carbocycles. The Morgan fingerprint density at radius 3 is 2.40 bits per heavy atom. The summed E-state index contributed by atoms with van der Waals surface area (Å²) in [4.78, 5) is 7.97. The zero-order valence-corrected chi connectivity index (χ0v) is 9.54. The van der Waals surface area contributed by atoms with Crippen molar-refractivity contribution in [2.24, 2.45) is 0 Å². The van der Waals surface area contributed by atoms with Crippen LogP contribution in [-0.2, 0) is 0 Å². The van der Waals surface area contributed by atoms with E-state index in [0.717, 1.165) is 13.0 Å². The average molecular weight is 361 g/mol. The van der Waals surface area contributed by atoms with Crippen LogP contribution in [-0.4, -0.2) is 9.97 Å². The van der Waals surface area contributed by atoms with E-state index in [0.29, 0.717) is 5.95 Å². The van der Waals surface area contributed by atoms with Crippen LogP contribution in [0.25, 0.3) is 0 Å². The van der Waals surface area contributed by atoms with Gasteiger partial charge in [0.05, 0.1) is 9.26 Å². The SMILES string of the molecule is Cc1nc(N)nc(I)c1I. The van der Waals surface area contributed by atoms with Gasteiger partial charge in [-0.15, -0.1) is 0 Å². The van der Waals surface area contributed by atoms with Gasteiger partial charge in [-0.3, -0.25) is 0 Å². The van der Waals surface area contributed by atoms with Gasteiger partial charge in [-0.25, -0.2) is 9.97 Å². The number of hydrogen-bond acceptors (Lipinski definition) is 3. The number of rotatable bonds is 0. The van der Waals surface area contributed by atoms with Gasteiger partial charge in [-0.05, 0) is 52.1 Å². The molecule has 54 valence electrons. The third-order valence-corrected chi connectivity index (χ3v) is 4.10. The number of halogens is 2. The summed E-state index contributed by atoms with van der Waals surface area (Å²) in [5.74, 6) is 0.349. The first-order valence-electron chi connectivity index (χ1n) is 2.56. The van der Waals surface area contributed by atoms with E-state index in [-0.39, 0.29) is 0 Å². The highest BCUT2D eigenvalue weighted by molar-refractivity contribution is 14.1. The van der Waals surface area contributed by atoms with Crippen molar-refractivity contribution >= 4 is 51.1 Å². The van der Waals surface area contributed by atoms with E-state index in [4.69, 9.17) is 5.73 Å². The molecule has 0 aromatic carbocycles. The van der Waals surface area contributed by atoms with Crippen molar-refractivity contribution in [2.75, 3.05) is 5.73 Å². The maximum Gasteiger partial charge on any atom is 0.221 e. The Labute approximate surface area is 86.1 Å². The number of aryl methyl sites for hydroxylation is 1. The van der Waals surface area contributed by atoms with Gasteiger partial charge in [0, 0.05) is 0 Å². The quantitative estimate of drug-likeness (QED) is 0.564. The summed E-state index contributed by atoms with van der Waals surface area (Å²) in [7, 11) is 0. The number of nitrogen functional groups attached to an aromatic ring is 1. The van der Waals surface area contributed by atoms with Gasteiger partial charge in [-0.1, -0.05) is 0 Å². The van der Waals surface area contributed by atoms with Crippen molar-refractivity contribution in [1.82, 2.24) is 9.97 Å². The molecule has 0 atom stereocenters. The highest BCUT2D eigenvalue weighted by Crippen LogP contribution is 2.15. The number of hydrogen-bond donors (Lipinski definition) is 1. The average Bonchev–Trinajstić information content (AvgIpc) is 1.82. The molecular weight excluding hydrogens is 356 g/mol. The monoisotopic (exact) mass is 361 g/mol. The summed E-state index contributed by atoms with van der Waals surface area (Å²) >= 11 is 4.33. The number of nitrogens with two attached hydrogens (primary N) is 1. The molecule has 0 saturated carbocycles. The molecule has 0 fully saturated rings. The maximum atomic E-state index is 5.40. The second-order valence-corrected chi connectivity index (χ2v) is 3.87. The minimum atomic E-state index is 0.349. The predicted octanol–water partition coefficient (Wildman–Crippen LogP) is 1.58. The van der Waals surface area contributed by atoms with Crippen LogP contribution in [0.5, 0.6) is 0 Å². The highest BCUT2D eigenvalue weighted by atomic mass is 127. The Morgan fingerprint density at radius 2 is 1.90 bits per heavy atom. The van der Waals surface area contributed by atoms with Crippen LogP contribution in [0.4, 0.5) is 5.95 Å². The smallest absolute Gasteiger partial charge is 0.221 e. The molecule has 0 aliphatic rings. The first-order chi connectivity index (χ1) is 4.61. The molecule has 1 rings (SSSR count). The van der Waals surface area contributed by atoms with E-state index in [1.54, 1.807) is 0 Å². The molecule has 10 heavy (non-hydrogen) atoms. The van der Waals surface area contributed by atoms with Crippen molar-refractivity contribution in [1.29, 1.82) is 0 Å². The lowest BCUT2D eigenvalue weighted by Crippen LogP contribution is -2.01. The molecular formula is C5H5I2N3. The molecule has 2 N–H and O–H groups in total. The van der Waals surface area contributed by atoms with Crippen molar-refractivity contribution in [3.63, 3.8) is 0 Å². The standard InChI is InChI=1S/C5H5I2N3/c1-2-3(6)4(7)10-5(8)9-2/h1H3,(H2,8,9,10). The summed E-state index contributed by atoms with van der Waals surface area (Å²) in [6.07, 6.45) is 0. The normalized spacial score (nSPS) is 9.90. The van der Waals surface area contributed by atoms with Crippen LogP contribution in [0, 0.1) is 14.2 Å². The first kappa shape index (κ1) is 8.44. The lowest BCUT2D eigenvalue weighted by atomic mass is 10.5. The van der Waals surface area contributed by atoms with Crippen molar-refractivity contribution < 1.29 is 0 Å². The van der Waals surface area contributed by atoms with E-state index in [9.17, 15) is 0 Å². The third kappa shape index (κ3) is 1.68. The second-order valence-electron chi connectivity index (χ2n) is 1.77. The number of anilines is 1. The fourth-order valence-electron chi connectivity index (χ4n) is 0.545. The van der Waals surface area contributed by atoms with Crippen molar-refractivity contribution in [2.45, 2.75) is 6.92 Å². The van der Waals surface area contributed by atoms with E-state index in [1.807, 2.05) is 6.92 Å². The molecule has 1 heterocycles. The Balaban J connectivity index is 3.31. The molecule has 3 nitrogen and oxygen atoms in total. The van der Waals surface area contributed by atoms with E-state index in [1.165, 1.54) is 0 Å². The Bertz CT molecular complexity index is 238. The molecule has 5 heteroatoms. The molecule has 0 saturated heterocycles. The third-order valence-electron chi connectivity index (χ3n) is 0.994. The highest BCUT2D eigenvalue weighted by Gasteiger charge is 2.02. The lowest BCUT2D eigenvalue weighted by Gasteiger charge is -1.99. The molecule has 0 unspecified atom stereocenters. The molecule has 1 aromatic heterocycles. The van der Waals surface area contributed by atoms with Crippen LogP contribution in [0.1, 0.15) is 5.69 Å². The van der Waals surface area contributed by atoms with Gasteiger partial charge < -0.3 is 5.73 Å². The summed E-state index contributed by atoms with van der Waals surface area (Å²) in [6, 6.07) is 0. The topological polar surface area (TPSA) is 51.8 Å². The number of nitrogens with zero attached hydrogens (tertiary/aromatic N) is 2. The van der Waals surface area contributed by atoms with E-state index < -0.39 is 0 Å². The van der Waals surface area contributed by atoms with E-state index >= 15 is 0 Å². The van der Waals surface area contributed by atoms with Gasteiger partial charge in [0.2, 0.25) is 5.95 Å². The Kier molecular flexibility index (Phi) is 2.67. The molecule has 0 amide bonds. The van der Waals surface area contributed by atoms with Crippen LogP contribution < -0.4 is 5.73 Å². The molecule has 0 radical (unpaired) electrons. The fourth-order valence-corrected chi connectivity index (χ4v) is 1.42.